The zero-order chi connectivity index (χ0) is 19.3. The number of carbonyl (C=O) groups excluding carboxylic acids is 1. The second kappa shape index (κ2) is 8.42. The second-order valence-electron chi connectivity index (χ2n) is 6.77. The summed E-state index contributed by atoms with van der Waals surface area (Å²) in [7, 11) is 0. The molecule has 142 valence electrons. The van der Waals surface area contributed by atoms with E-state index in [1.54, 1.807) is 6.20 Å². The van der Waals surface area contributed by atoms with Crippen LogP contribution in [0.2, 0.25) is 0 Å². The lowest BCUT2D eigenvalue weighted by Crippen LogP contribution is -3.14. The number of amides is 1. The minimum atomic E-state index is -0.195. The van der Waals surface area contributed by atoms with Gasteiger partial charge < -0.3 is 9.80 Å². The molecule has 0 spiro atoms. The first-order chi connectivity index (χ1) is 13.7. The van der Waals surface area contributed by atoms with Gasteiger partial charge >= 0.3 is 0 Å². The van der Waals surface area contributed by atoms with E-state index in [9.17, 15) is 4.79 Å². The van der Waals surface area contributed by atoms with Crippen molar-refractivity contribution < 1.29 is 9.69 Å². The summed E-state index contributed by atoms with van der Waals surface area (Å²) in [4.78, 5) is 20.9. The molecule has 1 fully saturated rings. The van der Waals surface area contributed by atoms with Crippen LogP contribution in [0.25, 0.3) is 17.3 Å². The number of aromatic nitrogens is 2. The highest BCUT2D eigenvalue weighted by molar-refractivity contribution is 8.18. The Kier molecular flexibility index (Phi) is 5.55. The summed E-state index contributed by atoms with van der Waals surface area (Å²) in [5.41, 5.74) is 2.80. The highest BCUT2D eigenvalue weighted by Crippen LogP contribution is 2.32. The van der Waals surface area contributed by atoms with Crippen LogP contribution in [0, 0.1) is 11.3 Å². The van der Waals surface area contributed by atoms with Gasteiger partial charge in [-0.2, -0.15) is 15.4 Å². The van der Waals surface area contributed by atoms with Gasteiger partial charge in [0.05, 0.1) is 62.0 Å². The van der Waals surface area contributed by atoms with Crippen LogP contribution in [0.1, 0.15) is 12.0 Å². The van der Waals surface area contributed by atoms with Gasteiger partial charge in [-0.1, -0.05) is 30.3 Å². The first-order valence-electron chi connectivity index (χ1n) is 9.31. The van der Waals surface area contributed by atoms with E-state index < -0.39 is 0 Å². The Balaban J connectivity index is 1.44. The number of hydrogen-bond acceptors (Lipinski definition) is 5. The molecule has 4 rings (SSSR count). The number of nitrogens with one attached hydrogen (secondary N) is 2. The van der Waals surface area contributed by atoms with E-state index in [-0.39, 0.29) is 5.91 Å². The van der Waals surface area contributed by atoms with Crippen molar-refractivity contribution in [3.63, 3.8) is 0 Å². The van der Waals surface area contributed by atoms with Gasteiger partial charge in [0, 0.05) is 11.1 Å². The largest absolute Gasteiger partial charge is 0.339 e. The summed E-state index contributed by atoms with van der Waals surface area (Å²) in [6.45, 7) is 4.53. The molecule has 2 aliphatic rings. The maximum absolute atomic E-state index is 12.4. The van der Waals surface area contributed by atoms with Gasteiger partial charge in [-0.25, -0.2) is 0 Å². The lowest BCUT2D eigenvalue weighted by molar-refractivity contribution is -0.903. The highest BCUT2D eigenvalue weighted by Gasteiger charge is 2.29. The van der Waals surface area contributed by atoms with Crippen LogP contribution in [0.5, 0.6) is 0 Å². The Morgan fingerprint density at radius 3 is 2.82 bits per heavy atom. The summed E-state index contributed by atoms with van der Waals surface area (Å²) in [6.07, 6.45) is 4.19. The number of thioether (sulfide) groups is 1. The summed E-state index contributed by atoms with van der Waals surface area (Å²) in [5, 5.41) is 16.7. The van der Waals surface area contributed by atoms with Crippen LogP contribution in [0.3, 0.4) is 0 Å². The molecule has 1 saturated heterocycles. The first-order valence-corrected chi connectivity index (χ1v) is 10.1. The van der Waals surface area contributed by atoms with E-state index >= 15 is 0 Å². The molecule has 0 saturated carbocycles. The van der Waals surface area contributed by atoms with Crippen molar-refractivity contribution in [2.45, 2.75) is 6.42 Å². The van der Waals surface area contributed by atoms with Gasteiger partial charge in [0.2, 0.25) is 0 Å². The van der Waals surface area contributed by atoms with E-state index in [1.807, 2.05) is 36.4 Å². The molecule has 1 amide bonds. The number of aromatic amines is 1. The smallest absolute Gasteiger partial charge is 0.286 e. The number of amidine groups is 1. The fourth-order valence-electron chi connectivity index (χ4n) is 3.41. The number of nitriles is 1. The Hall–Kier alpha value is -2.89. The summed E-state index contributed by atoms with van der Waals surface area (Å²) in [6, 6.07) is 12.1. The number of H-pyrrole nitrogens is 1. The summed E-state index contributed by atoms with van der Waals surface area (Å²) in [5.74, 6) is -0.195. The molecule has 0 atom stereocenters. The Morgan fingerprint density at radius 1 is 1.29 bits per heavy atom. The molecule has 8 heteroatoms. The fourth-order valence-corrected chi connectivity index (χ4v) is 4.37. The monoisotopic (exact) mass is 393 g/mol. The molecule has 0 aliphatic carbocycles. The zero-order valence-electron chi connectivity index (χ0n) is 15.4. The lowest BCUT2D eigenvalue weighted by Gasteiger charge is -2.32. The maximum atomic E-state index is 12.4. The molecule has 3 heterocycles. The first kappa shape index (κ1) is 18.5. The normalized spacial score (nSPS) is 19.1. The second-order valence-corrected chi connectivity index (χ2v) is 7.78. The van der Waals surface area contributed by atoms with Crippen molar-refractivity contribution in [2.24, 2.45) is 4.99 Å². The SMILES string of the molecule is N#CCC[NH+]1CCN(C2=NC(=O)/C(=C\c3cn[nH]c3-c3ccccc3)S2)CC1. The zero-order valence-corrected chi connectivity index (χ0v) is 16.2. The third-order valence-electron chi connectivity index (χ3n) is 4.96. The van der Waals surface area contributed by atoms with Crippen LogP contribution in [0.4, 0.5) is 0 Å². The van der Waals surface area contributed by atoms with Crippen molar-refractivity contribution in [3.05, 3.63) is 47.0 Å². The van der Waals surface area contributed by atoms with E-state index in [1.165, 1.54) is 16.7 Å². The van der Waals surface area contributed by atoms with Crippen molar-refractivity contribution in [1.82, 2.24) is 15.1 Å². The minimum absolute atomic E-state index is 0.195. The van der Waals surface area contributed by atoms with E-state index in [0.29, 0.717) is 11.3 Å². The van der Waals surface area contributed by atoms with E-state index in [2.05, 4.69) is 26.2 Å². The Bertz CT molecular complexity index is 951. The number of aliphatic imine (C=N–C) groups is 1. The third kappa shape index (κ3) is 4.01. The lowest BCUT2D eigenvalue weighted by atomic mass is 10.1. The number of benzene rings is 1. The number of hydrogen-bond donors (Lipinski definition) is 2. The van der Waals surface area contributed by atoms with Crippen molar-refractivity contribution >= 4 is 28.9 Å². The number of quaternary nitrogens is 1. The van der Waals surface area contributed by atoms with Crippen LogP contribution < -0.4 is 4.90 Å². The number of carbonyl (C=O) groups is 1. The van der Waals surface area contributed by atoms with Gasteiger partial charge in [0.15, 0.2) is 5.17 Å². The molecule has 0 bridgehead atoms. The van der Waals surface area contributed by atoms with Crippen LogP contribution in [0.15, 0.2) is 46.4 Å². The van der Waals surface area contributed by atoms with Crippen molar-refractivity contribution in [3.8, 4) is 17.3 Å². The minimum Gasteiger partial charge on any atom is -0.339 e. The maximum Gasteiger partial charge on any atom is 0.286 e. The number of nitrogens with zero attached hydrogens (tertiary/aromatic N) is 4. The van der Waals surface area contributed by atoms with Crippen LogP contribution >= 0.6 is 11.8 Å². The molecule has 28 heavy (non-hydrogen) atoms. The molecular formula is C20H21N6OS+. The molecule has 7 nitrogen and oxygen atoms in total. The van der Waals surface area contributed by atoms with Gasteiger partial charge in [-0.05, 0) is 17.8 Å². The molecule has 2 aliphatic heterocycles. The Morgan fingerprint density at radius 2 is 2.07 bits per heavy atom. The third-order valence-corrected chi connectivity index (χ3v) is 6.00. The molecular weight excluding hydrogens is 372 g/mol. The van der Waals surface area contributed by atoms with Crippen molar-refractivity contribution in [2.75, 3.05) is 32.7 Å². The van der Waals surface area contributed by atoms with Crippen LogP contribution in [-0.4, -0.2) is 58.9 Å². The summed E-state index contributed by atoms with van der Waals surface area (Å²) >= 11 is 1.43. The standard InChI is InChI=1S/C20H20N6OS/c21-7-4-8-25-9-11-26(12-10-25)20-23-19(27)17(28-20)13-16-14-22-24-18(16)15-5-2-1-3-6-15/h1-3,5-6,13-14H,4,8-12H2,(H,22,24)/p+1/b17-13+. The molecule has 1 aromatic heterocycles. The van der Waals surface area contributed by atoms with Gasteiger partial charge in [-0.15, -0.1) is 0 Å². The average molecular weight is 393 g/mol. The average Bonchev–Trinajstić information content (AvgIpc) is 3.34. The van der Waals surface area contributed by atoms with Gasteiger partial charge in [0.25, 0.3) is 5.91 Å². The van der Waals surface area contributed by atoms with E-state index in [0.717, 1.165) is 54.7 Å². The number of rotatable bonds is 4. The fraction of sp³-hybridized carbons (Fsp3) is 0.300. The number of piperazine rings is 1. The Labute approximate surface area is 167 Å². The van der Waals surface area contributed by atoms with Gasteiger partial charge in [0.1, 0.15) is 0 Å². The topological polar surface area (TPSA) is 89.6 Å². The van der Waals surface area contributed by atoms with E-state index in [4.69, 9.17) is 5.26 Å². The highest BCUT2D eigenvalue weighted by atomic mass is 32.2. The van der Waals surface area contributed by atoms with Crippen molar-refractivity contribution in [1.29, 1.82) is 5.26 Å². The van der Waals surface area contributed by atoms with Gasteiger partial charge in [-0.3, -0.25) is 9.89 Å². The molecule has 2 N–H and O–H groups in total. The predicted molar refractivity (Wildman–Crippen MR) is 109 cm³/mol. The predicted octanol–water partition coefficient (Wildman–Crippen LogP) is 1.16. The molecule has 0 radical (unpaired) electrons. The molecule has 1 aromatic carbocycles. The van der Waals surface area contributed by atoms with Crippen LogP contribution in [-0.2, 0) is 4.79 Å². The molecule has 0 unspecified atom stereocenters. The quantitative estimate of drug-likeness (QED) is 0.761. The summed E-state index contributed by atoms with van der Waals surface area (Å²) < 4.78 is 0. The molecule has 2 aromatic rings.